The number of hydrogen-bond donors (Lipinski definition) is 0. The minimum atomic E-state index is -0.433. The van der Waals surface area contributed by atoms with Crippen molar-refractivity contribution in [2.24, 2.45) is 0 Å². The van der Waals surface area contributed by atoms with Crippen molar-refractivity contribution in [1.82, 2.24) is 9.80 Å². The lowest BCUT2D eigenvalue weighted by Gasteiger charge is -2.37. The van der Waals surface area contributed by atoms with E-state index in [-0.39, 0.29) is 11.6 Å². The van der Waals surface area contributed by atoms with E-state index < -0.39 is 4.92 Å². The summed E-state index contributed by atoms with van der Waals surface area (Å²) in [4.78, 5) is 29.2. The molecule has 2 aliphatic rings. The van der Waals surface area contributed by atoms with E-state index in [2.05, 4.69) is 9.80 Å². The van der Waals surface area contributed by atoms with Crippen molar-refractivity contribution in [3.8, 4) is 0 Å². The normalized spacial score (nSPS) is 18.6. The molecule has 0 aliphatic carbocycles. The summed E-state index contributed by atoms with van der Waals surface area (Å²) < 4.78 is 0. The van der Waals surface area contributed by atoms with Crippen LogP contribution in [0.15, 0.2) is 12.1 Å². The zero-order valence-corrected chi connectivity index (χ0v) is 15.2. The molecule has 2 aliphatic heterocycles. The third-order valence-corrected chi connectivity index (χ3v) is 5.24. The average Bonchev–Trinajstić information content (AvgIpc) is 3.07. The van der Waals surface area contributed by atoms with Crippen molar-refractivity contribution >= 4 is 28.9 Å². The van der Waals surface area contributed by atoms with Gasteiger partial charge >= 0.3 is 0 Å². The number of halogens is 1. The predicted octanol–water partition coefficient (Wildman–Crippen LogP) is 2.30. The minimum Gasteiger partial charge on any atom is -0.367 e. The maximum atomic E-state index is 12.4. The van der Waals surface area contributed by atoms with E-state index in [1.54, 1.807) is 6.07 Å². The van der Waals surface area contributed by atoms with E-state index in [9.17, 15) is 14.9 Å². The summed E-state index contributed by atoms with van der Waals surface area (Å²) >= 11 is 6.29. The molecule has 0 bridgehead atoms. The second-order valence-corrected chi connectivity index (χ2v) is 7.11. The first kappa shape index (κ1) is 17.9. The average molecular weight is 367 g/mol. The van der Waals surface area contributed by atoms with Crippen LogP contribution in [-0.4, -0.2) is 66.4 Å². The number of piperazine rings is 1. The molecular formula is C17H23ClN4O3. The molecule has 3 rings (SSSR count). The van der Waals surface area contributed by atoms with Crippen molar-refractivity contribution in [3.63, 3.8) is 0 Å². The molecule has 0 saturated carbocycles. The molecule has 0 N–H and O–H groups in total. The highest BCUT2D eigenvalue weighted by molar-refractivity contribution is 6.33. The predicted molar refractivity (Wildman–Crippen MR) is 97.3 cm³/mol. The molecule has 7 nitrogen and oxygen atoms in total. The second-order valence-electron chi connectivity index (χ2n) is 6.70. The summed E-state index contributed by atoms with van der Waals surface area (Å²) in [6, 6.07) is 2.95. The van der Waals surface area contributed by atoms with Gasteiger partial charge in [-0.15, -0.1) is 0 Å². The van der Waals surface area contributed by atoms with Gasteiger partial charge in [0.15, 0.2) is 0 Å². The number of anilines is 1. The third kappa shape index (κ3) is 4.04. The maximum absolute atomic E-state index is 12.4. The van der Waals surface area contributed by atoms with Crippen LogP contribution in [0.2, 0.25) is 5.02 Å². The molecule has 1 aromatic carbocycles. The summed E-state index contributed by atoms with van der Waals surface area (Å²) in [5, 5.41) is 11.3. The number of aryl methyl sites for hydroxylation is 1. The van der Waals surface area contributed by atoms with E-state index in [4.69, 9.17) is 11.6 Å². The Balaban J connectivity index is 1.62. The molecule has 0 unspecified atom stereocenters. The number of rotatable bonds is 4. The lowest BCUT2D eigenvalue weighted by Crippen LogP contribution is -2.51. The molecule has 0 atom stereocenters. The van der Waals surface area contributed by atoms with Gasteiger partial charge in [0.1, 0.15) is 0 Å². The van der Waals surface area contributed by atoms with Gasteiger partial charge in [0, 0.05) is 38.3 Å². The number of hydrogen-bond acceptors (Lipinski definition) is 5. The van der Waals surface area contributed by atoms with E-state index in [1.807, 2.05) is 11.8 Å². The molecule has 2 saturated heterocycles. The number of amides is 1. The number of likely N-dealkylation sites (tertiary alicyclic amines) is 1. The van der Waals surface area contributed by atoms with Gasteiger partial charge in [-0.3, -0.25) is 19.8 Å². The molecule has 2 fully saturated rings. The van der Waals surface area contributed by atoms with Crippen LogP contribution < -0.4 is 4.90 Å². The fraction of sp³-hybridized carbons (Fsp3) is 0.588. The van der Waals surface area contributed by atoms with E-state index in [0.717, 1.165) is 24.3 Å². The Morgan fingerprint density at radius 3 is 2.36 bits per heavy atom. The van der Waals surface area contributed by atoms with Crippen LogP contribution in [0.5, 0.6) is 0 Å². The summed E-state index contributed by atoms with van der Waals surface area (Å²) in [6.07, 6.45) is 2.36. The molecule has 8 heteroatoms. The maximum Gasteiger partial charge on any atom is 0.271 e. The van der Waals surface area contributed by atoms with Crippen molar-refractivity contribution < 1.29 is 9.72 Å². The van der Waals surface area contributed by atoms with Crippen LogP contribution in [0.4, 0.5) is 11.4 Å². The number of carbonyl (C=O) groups excluding carboxylic acids is 1. The number of benzene rings is 1. The van der Waals surface area contributed by atoms with Gasteiger partial charge in [0.05, 0.1) is 22.2 Å². The highest BCUT2D eigenvalue weighted by Gasteiger charge is 2.26. The van der Waals surface area contributed by atoms with E-state index in [1.165, 1.54) is 18.9 Å². The van der Waals surface area contributed by atoms with Gasteiger partial charge in [-0.1, -0.05) is 11.6 Å². The van der Waals surface area contributed by atoms with Gasteiger partial charge in [-0.2, -0.15) is 0 Å². The number of nitro groups is 1. The quantitative estimate of drug-likeness (QED) is 0.604. The Labute approximate surface area is 152 Å². The number of carbonyl (C=O) groups is 1. The minimum absolute atomic E-state index is 0.00526. The summed E-state index contributed by atoms with van der Waals surface area (Å²) in [6.45, 7) is 7.05. The second kappa shape index (κ2) is 7.58. The third-order valence-electron chi connectivity index (χ3n) is 4.96. The lowest BCUT2D eigenvalue weighted by molar-refractivity contribution is -0.384. The number of nitro benzene ring substituents is 1. The monoisotopic (exact) mass is 366 g/mol. The van der Waals surface area contributed by atoms with Crippen LogP contribution in [0.25, 0.3) is 0 Å². The van der Waals surface area contributed by atoms with Crippen LogP contribution in [0.1, 0.15) is 18.4 Å². The summed E-state index contributed by atoms with van der Waals surface area (Å²) in [5.41, 5.74) is 1.63. The van der Waals surface area contributed by atoms with Crippen molar-refractivity contribution in [2.75, 3.05) is 50.7 Å². The molecule has 0 spiro atoms. The van der Waals surface area contributed by atoms with Gasteiger partial charge in [-0.25, -0.2) is 0 Å². The first-order valence-electron chi connectivity index (χ1n) is 8.65. The molecule has 136 valence electrons. The van der Waals surface area contributed by atoms with Gasteiger partial charge in [-0.05, 0) is 38.4 Å². The smallest absolute Gasteiger partial charge is 0.271 e. The molecule has 0 aromatic heterocycles. The molecule has 0 radical (unpaired) electrons. The zero-order chi connectivity index (χ0) is 18.0. The Kier molecular flexibility index (Phi) is 5.44. The molecule has 2 heterocycles. The first-order chi connectivity index (χ1) is 12.0. The standard InChI is InChI=1S/C17H23ClN4O3/c1-13-10-14(22(24)25)11-15(18)17(13)21-8-6-20(7-9-21)16(23)12-19-4-2-3-5-19/h10-11H,2-9,12H2,1H3. The summed E-state index contributed by atoms with van der Waals surface area (Å²) in [5.74, 6) is 0.188. The Bertz CT molecular complexity index is 645. The summed E-state index contributed by atoms with van der Waals surface area (Å²) in [7, 11) is 0. The molecule has 1 amide bonds. The number of non-ortho nitro benzene ring substituents is 1. The Morgan fingerprint density at radius 2 is 1.80 bits per heavy atom. The SMILES string of the molecule is Cc1cc([N+](=O)[O-])cc(Cl)c1N1CCN(C(=O)CN2CCCC2)CC1. The number of nitrogens with zero attached hydrogens (tertiary/aromatic N) is 4. The zero-order valence-electron chi connectivity index (χ0n) is 14.4. The van der Waals surface area contributed by atoms with Crippen molar-refractivity contribution in [2.45, 2.75) is 19.8 Å². The van der Waals surface area contributed by atoms with Crippen LogP contribution in [0.3, 0.4) is 0 Å². The largest absolute Gasteiger partial charge is 0.367 e. The Hall–Kier alpha value is -1.86. The highest BCUT2D eigenvalue weighted by atomic mass is 35.5. The van der Waals surface area contributed by atoms with Crippen LogP contribution >= 0.6 is 11.6 Å². The molecular weight excluding hydrogens is 344 g/mol. The fourth-order valence-corrected chi connectivity index (χ4v) is 4.02. The van der Waals surface area contributed by atoms with Crippen molar-refractivity contribution in [1.29, 1.82) is 0 Å². The van der Waals surface area contributed by atoms with Crippen molar-refractivity contribution in [3.05, 3.63) is 32.8 Å². The van der Waals surface area contributed by atoms with Gasteiger partial charge in [0.25, 0.3) is 5.69 Å². The lowest BCUT2D eigenvalue weighted by atomic mass is 10.1. The van der Waals surface area contributed by atoms with E-state index in [0.29, 0.717) is 37.7 Å². The Morgan fingerprint density at radius 1 is 1.16 bits per heavy atom. The molecule has 1 aromatic rings. The van der Waals surface area contributed by atoms with Crippen LogP contribution in [0, 0.1) is 17.0 Å². The fourth-order valence-electron chi connectivity index (χ4n) is 3.64. The highest BCUT2D eigenvalue weighted by Crippen LogP contribution is 2.34. The molecule has 25 heavy (non-hydrogen) atoms. The topological polar surface area (TPSA) is 69.9 Å². The van der Waals surface area contributed by atoms with Crippen LogP contribution in [-0.2, 0) is 4.79 Å². The van der Waals surface area contributed by atoms with E-state index >= 15 is 0 Å². The van der Waals surface area contributed by atoms with Gasteiger partial charge < -0.3 is 9.80 Å². The van der Waals surface area contributed by atoms with Gasteiger partial charge in [0.2, 0.25) is 5.91 Å². The first-order valence-corrected chi connectivity index (χ1v) is 9.03.